The van der Waals surface area contributed by atoms with Crippen LogP contribution in [0.15, 0.2) is 53.1 Å². The van der Waals surface area contributed by atoms with Gasteiger partial charge in [0.15, 0.2) is 11.6 Å². The fourth-order valence-electron chi connectivity index (χ4n) is 3.07. The van der Waals surface area contributed by atoms with Crippen molar-refractivity contribution in [2.24, 2.45) is 10.7 Å². The van der Waals surface area contributed by atoms with E-state index in [0.29, 0.717) is 45.2 Å². The molecule has 2 N–H and O–H groups in total. The van der Waals surface area contributed by atoms with Crippen LogP contribution < -0.4 is 5.73 Å². The zero-order valence-corrected chi connectivity index (χ0v) is 24.9. The van der Waals surface area contributed by atoms with Crippen molar-refractivity contribution in [1.29, 1.82) is 0 Å². The SMILES string of the molecule is C=CC1=C(/C=C\C)CN(C=NCC=O)CN(C(=O)CCN)C1.CCc1cc(F)c(F)cc1F.CN(C)C.COC. The zero-order chi connectivity index (χ0) is 31.1. The standard InChI is InChI=1S/C16H24N4O2.C8H7F3.C3H9N.C2H6O/c1-3-5-15-10-19(12-18-8-9-21)13-20(11-14(15)4-2)16(22)6-7-17;1-2-5-3-7(10)8(11)4-6(5)9;1-4(2)3;1-3-2/h3-5,9,12H,2,6-8,10-11,13,17H2,1H3;3-4H,2H2,1H3;1-3H3;1-2H3/b5-3-,18-12?;;;. The van der Waals surface area contributed by atoms with E-state index in [1.165, 1.54) is 0 Å². The molecule has 1 heterocycles. The summed E-state index contributed by atoms with van der Waals surface area (Å²) >= 11 is 0. The van der Waals surface area contributed by atoms with Crippen molar-refractivity contribution < 1.29 is 27.5 Å². The molecule has 0 bridgehead atoms. The van der Waals surface area contributed by atoms with Crippen LogP contribution in [0.25, 0.3) is 0 Å². The van der Waals surface area contributed by atoms with E-state index < -0.39 is 17.5 Å². The number of amides is 1. The van der Waals surface area contributed by atoms with Crippen LogP contribution in [0.5, 0.6) is 0 Å². The average molecular weight is 570 g/mol. The van der Waals surface area contributed by atoms with E-state index >= 15 is 0 Å². The van der Waals surface area contributed by atoms with Gasteiger partial charge in [-0.3, -0.25) is 9.79 Å². The van der Waals surface area contributed by atoms with E-state index in [1.54, 1.807) is 38.5 Å². The number of hydrogen-bond acceptors (Lipinski definition) is 6. The van der Waals surface area contributed by atoms with Gasteiger partial charge < -0.3 is 30.0 Å². The van der Waals surface area contributed by atoms with Gasteiger partial charge >= 0.3 is 0 Å². The summed E-state index contributed by atoms with van der Waals surface area (Å²) in [7, 11) is 9.25. The maximum Gasteiger partial charge on any atom is 0.225 e. The van der Waals surface area contributed by atoms with Gasteiger partial charge in [-0.05, 0) is 57.3 Å². The second-order valence-electron chi connectivity index (χ2n) is 8.88. The molecule has 1 aliphatic heterocycles. The van der Waals surface area contributed by atoms with Crippen LogP contribution in [0.1, 0.15) is 25.8 Å². The number of carbonyl (C=O) groups excluding carboxylic acids is 2. The third-order valence-electron chi connectivity index (χ3n) is 4.72. The Balaban J connectivity index is 0. The molecule has 0 fully saturated rings. The van der Waals surface area contributed by atoms with Gasteiger partial charge in [-0.1, -0.05) is 31.7 Å². The molecule has 1 aromatic rings. The highest BCUT2D eigenvalue weighted by Gasteiger charge is 2.21. The van der Waals surface area contributed by atoms with Gasteiger partial charge in [0.2, 0.25) is 5.91 Å². The van der Waals surface area contributed by atoms with Gasteiger partial charge in [0.1, 0.15) is 12.1 Å². The highest BCUT2D eigenvalue weighted by molar-refractivity contribution is 5.77. The van der Waals surface area contributed by atoms with E-state index in [0.717, 1.165) is 23.5 Å². The summed E-state index contributed by atoms with van der Waals surface area (Å²) < 4.78 is 41.6. The Morgan fingerprint density at radius 1 is 1.12 bits per heavy atom. The molecule has 0 saturated heterocycles. The summed E-state index contributed by atoms with van der Waals surface area (Å²) in [6.45, 7) is 9.43. The molecule has 1 aliphatic rings. The molecule has 0 saturated carbocycles. The fourth-order valence-corrected chi connectivity index (χ4v) is 3.07. The topological polar surface area (TPSA) is 91.5 Å². The van der Waals surface area contributed by atoms with Crippen molar-refractivity contribution >= 4 is 18.5 Å². The van der Waals surface area contributed by atoms with Gasteiger partial charge in [0.25, 0.3) is 0 Å². The number of ether oxygens (including phenoxy) is 1. The molecule has 0 radical (unpaired) electrons. The molecule has 0 unspecified atom stereocenters. The van der Waals surface area contributed by atoms with Gasteiger partial charge in [-0.25, -0.2) is 13.2 Å². The van der Waals surface area contributed by atoms with Crippen LogP contribution >= 0.6 is 0 Å². The Hall–Kier alpha value is -3.28. The molecule has 226 valence electrons. The van der Waals surface area contributed by atoms with E-state index in [2.05, 4.69) is 16.3 Å². The maximum absolute atomic E-state index is 12.6. The number of rotatable bonds is 8. The Bertz CT molecular complexity index is 979. The maximum atomic E-state index is 12.6. The van der Waals surface area contributed by atoms with E-state index in [4.69, 9.17) is 5.73 Å². The number of nitrogens with zero attached hydrogens (tertiary/aromatic N) is 4. The van der Waals surface area contributed by atoms with E-state index in [1.807, 2.05) is 50.0 Å². The van der Waals surface area contributed by atoms with Crippen molar-refractivity contribution in [2.45, 2.75) is 26.7 Å². The Morgan fingerprint density at radius 2 is 1.70 bits per heavy atom. The number of benzene rings is 1. The highest BCUT2D eigenvalue weighted by atomic mass is 19.2. The van der Waals surface area contributed by atoms with Crippen LogP contribution in [-0.2, 0) is 20.7 Å². The van der Waals surface area contributed by atoms with Crippen molar-refractivity contribution in [2.75, 3.05) is 68.2 Å². The normalized spacial score (nSPS) is 13.2. The number of aliphatic imine (C=N–C) groups is 1. The lowest BCUT2D eigenvalue weighted by atomic mass is 10.1. The fraction of sp³-hybridized carbons (Fsp3) is 0.483. The third kappa shape index (κ3) is 17.3. The predicted octanol–water partition coefficient (Wildman–Crippen LogP) is 3.83. The number of halogens is 3. The van der Waals surface area contributed by atoms with Crippen molar-refractivity contribution in [1.82, 2.24) is 14.7 Å². The minimum Gasteiger partial charge on any atom is -0.388 e. The summed E-state index contributed by atoms with van der Waals surface area (Å²) in [5.41, 5.74) is 7.77. The molecule has 0 aromatic heterocycles. The lowest BCUT2D eigenvalue weighted by Crippen LogP contribution is -2.41. The quantitative estimate of drug-likeness (QED) is 0.222. The van der Waals surface area contributed by atoms with Gasteiger partial charge in [0.05, 0.1) is 19.6 Å². The molecule has 2 rings (SSSR count). The summed E-state index contributed by atoms with van der Waals surface area (Å²) in [4.78, 5) is 32.3. The van der Waals surface area contributed by atoms with Crippen LogP contribution in [0.4, 0.5) is 13.2 Å². The predicted molar refractivity (Wildman–Crippen MR) is 157 cm³/mol. The molecule has 0 atom stereocenters. The number of allylic oxidation sites excluding steroid dienone is 1. The minimum atomic E-state index is -1.14. The van der Waals surface area contributed by atoms with Gasteiger partial charge in [-0.15, -0.1) is 0 Å². The number of hydrogen-bond donors (Lipinski definition) is 1. The van der Waals surface area contributed by atoms with Gasteiger partial charge in [0, 0.05) is 46.3 Å². The minimum absolute atomic E-state index is 0.00244. The number of methoxy groups -OCH3 is 1. The average Bonchev–Trinajstić information content (AvgIpc) is 3.06. The first-order valence-corrected chi connectivity index (χ1v) is 12.7. The zero-order valence-electron chi connectivity index (χ0n) is 24.9. The molecule has 40 heavy (non-hydrogen) atoms. The molecule has 0 aliphatic carbocycles. The number of aldehydes is 1. The second kappa shape index (κ2) is 23.6. The molecule has 0 spiro atoms. The van der Waals surface area contributed by atoms with Crippen LogP contribution in [-0.4, -0.2) is 101 Å². The van der Waals surface area contributed by atoms with Crippen molar-refractivity contribution in [3.05, 3.63) is 71.1 Å². The largest absolute Gasteiger partial charge is 0.388 e. The molecular weight excluding hydrogens is 523 g/mol. The van der Waals surface area contributed by atoms with Crippen molar-refractivity contribution in [3.8, 4) is 0 Å². The first kappa shape index (κ1) is 38.9. The Morgan fingerprint density at radius 3 is 2.17 bits per heavy atom. The van der Waals surface area contributed by atoms with E-state index in [9.17, 15) is 22.8 Å². The van der Waals surface area contributed by atoms with Crippen molar-refractivity contribution in [3.63, 3.8) is 0 Å². The number of carbonyl (C=O) groups is 2. The molecule has 8 nitrogen and oxygen atoms in total. The second-order valence-corrected chi connectivity index (χ2v) is 8.88. The third-order valence-corrected chi connectivity index (χ3v) is 4.72. The number of nitrogens with two attached hydrogens (primary N) is 1. The van der Waals surface area contributed by atoms with Crippen LogP contribution in [0, 0.1) is 17.5 Å². The monoisotopic (exact) mass is 569 g/mol. The van der Waals surface area contributed by atoms with Crippen LogP contribution in [0.2, 0.25) is 0 Å². The molecule has 1 amide bonds. The Kier molecular flexibility index (Phi) is 22.9. The molecule has 1 aromatic carbocycles. The summed E-state index contributed by atoms with van der Waals surface area (Å²) in [6, 6.07) is 1.44. The summed E-state index contributed by atoms with van der Waals surface area (Å²) in [5, 5.41) is 0. The van der Waals surface area contributed by atoms with Gasteiger partial charge in [-0.2, -0.15) is 0 Å². The summed E-state index contributed by atoms with van der Waals surface area (Å²) in [6.07, 6.45) is 8.78. The first-order chi connectivity index (χ1) is 18.9. The molecular formula is C29H46F3N5O3. The summed E-state index contributed by atoms with van der Waals surface area (Å²) in [5.74, 6) is -2.83. The lowest BCUT2D eigenvalue weighted by molar-refractivity contribution is -0.131. The lowest BCUT2D eigenvalue weighted by Gasteiger charge is -2.26. The highest BCUT2D eigenvalue weighted by Crippen LogP contribution is 2.17. The van der Waals surface area contributed by atoms with Crippen LogP contribution in [0.3, 0.4) is 0 Å². The molecule has 11 heteroatoms. The first-order valence-electron chi connectivity index (χ1n) is 12.7. The Labute approximate surface area is 237 Å². The smallest absolute Gasteiger partial charge is 0.225 e. The number of aryl methyl sites for hydroxylation is 1. The van der Waals surface area contributed by atoms with E-state index in [-0.39, 0.29) is 18.0 Å².